The number of carbonyl (C=O) groups excluding carboxylic acids is 3. The standard InChI is InChI=1S/C38H65NO4/c1-6-11-15-19-24-32-29-30-35(34(26-21-17-13-8-3)33(32)25-20-16-12-7-2)38(42)39(31-22-18-14-9-4)36(40)27-23-28-37(41)43-10-5/h29-30H,6-28,31H2,1-5H3. The molecule has 1 aromatic rings. The Morgan fingerprint density at radius 2 is 1.12 bits per heavy atom. The highest BCUT2D eigenvalue weighted by Crippen LogP contribution is 2.28. The number of carbonyl (C=O) groups is 3. The van der Waals surface area contributed by atoms with Crippen LogP contribution in [0.4, 0.5) is 0 Å². The lowest BCUT2D eigenvalue weighted by atomic mass is 9.86. The summed E-state index contributed by atoms with van der Waals surface area (Å²) in [5.41, 5.74) is 4.72. The molecule has 43 heavy (non-hydrogen) atoms. The molecule has 0 N–H and O–H groups in total. The fourth-order valence-corrected chi connectivity index (χ4v) is 5.91. The molecule has 0 fully saturated rings. The zero-order chi connectivity index (χ0) is 31.7. The molecule has 0 saturated heterocycles. The molecule has 5 nitrogen and oxygen atoms in total. The zero-order valence-electron chi connectivity index (χ0n) is 28.7. The van der Waals surface area contributed by atoms with Gasteiger partial charge in [0.15, 0.2) is 0 Å². The summed E-state index contributed by atoms with van der Waals surface area (Å²) in [5, 5.41) is 0. The van der Waals surface area contributed by atoms with E-state index < -0.39 is 0 Å². The number of ether oxygens (including phenoxy) is 1. The number of imide groups is 1. The lowest BCUT2D eigenvalue weighted by molar-refractivity contribution is -0.143. The van der Waals surface area contributed by atoms with E-state index in [0.717, 1.165) is 69.8 Å². The number of rotatable bonds is 26. The number of hydrogen-bond donors (Lipinski definition) is 0. The Balaban J connectivity index is 3.40. The van der Waals surface area contributed by atoms with Gasteiger partial charge in [-0.3, -0.25) is 19.3 Å². The Kier molecular flexibility index (Phi) is 22.8. The Morgan fingerprint density at radius 1 is 0.581 bits per heavy atom. The Morgan fingerprint density at radius 3 is 1.67 bits per heavy atom. The van der Waals surface area contributed by atoms with E-state index in [4.69, 9.17) is 4.74 Å². The predicted molar refractivity (Wildman–Crippen MR) is 181 cm³/mol. The number of aryl methyl sites for hydroxylation is 1. The SMILES string of the molecule is CCCCCCc1ccc(C(=O)N(CCCCCC)C(=O)CCCC(=O)OCC)c(CCCCCC)c1CCCCCC. The van der Waals surface area contributed by atoms with Crippen molar-refractivity contribution in [1.29, 1.82) is 0 Å². The van der Waals surface area contributed by atoms with Crippen LogP contribution in [-0.2, 0) is 33.6 Å². The summed E-state index contributed by atoms with van der Waals surface area (Å²) in [4.78, 5) is 41.2. The van der Waals surface area contributed by atoms with Crippen molar-refractivity contribution in [2.45, 2.75) is 176 Å². The minimum Gasteiger partial charge on any atom is -0.466 e. The second-order valence-corrected chi connectivity index (χ2v) is 12.2. The van der Waals surface area contributed by atoms with Crippen LogP contribution < -0.4 is 0 Å². The minimum absolute atomic E-state index is 0.143. The third kappa shape index (κ3) is 15.9. The topological polar surface area (TPSA) is 63.7 Å². The molecule has 0 heterocycles. The molecule has 246 valence electrons. The van der Waals surface area contributed by atoms with Crippen molar-refractivity contribution in [3.05, 3.63) is 34.4 Å². The van der Waals surface area contributed by atoms with Crippen LogP contribution in [0.3, 0.4) is 0 Å². The van der Waals surface area contributed by atoms with Gasteiger partial charge in [-0.25, -0.2) is 0 Å². The van der Waals surface area contributed by atoms with E-state index in [9.17, 15) is 14.4 Å². The van der Waals surface area contributed by atoms with Crippen molar-refractivity contribution in [3.8, 4) is 0 Å². The van der Waals surface area contributed by atoms with Crippen molar-refractivity contribution in [3.63, 3.8) is 0 Å². The largest absolute Gasteiger partial charge is 0.466 e. The fourth-order valence-electron chi connectivity index (χ4n) is 5.91. The van der Waals surface area contributed by atoms with Crippen LogP contribution in [0.2, 0.25) is 0 Å². The summed E-state index contributed by atoms with van der Waals surface area (Å²) in [6, 6.07) is 4.23. The normalized spacial score (nSPS) is 11.1. The number of unbranched alkanes of at least 4 members (excludes halogenated alkanes) is 12. The summed E-state index contributed by atoms with van der Waals surface area (Å²) in [6.45, 7) is 11.5. The lowest BCUT2D eigenvalue weighted by Gasteiger charge is -2.25. The first-order valence-electron chi connectivity index (χ1n) is 18.1. The monoisotopic (exact) mass is 599 g/mol. The van der Waals surface area contributed by atoms with E-state index in [0.29, 0.717) is 19.6 Å². The summed E-state index contributed by atoms with van der Waals surface area (Å²) < 4.78 is 5.05. The molecule has 1 aromatic carbocycles. The fraction of sp³-hybridized carbons (Fsp3) is 0.763. The number of hydrogen-bond acceptors (Lipinski definition) is 4. The van der Waals surface area contributed by atoms with Gasteiger partial charge in [0.05, 0.1) is 6.61 Å². The maximum absolute atomic E-state index is 14.3. The van der Waals surface area contributed by atoms with E-state index in [-0.39, 0.29) is 30.6 Å². The molecular formula is C38H65NO4. The molecule has 0 bridgehead atoms. The molecule has 0 spiro atoms. The second kappa shape index (κ2) is 25.2. The quantitative estimate of drug-likeness (QED) is 0.0785. The zero-order valence-corrected chi connectivity index (χ0v) is 28.7. The lowest BCUT2D eigenvalue weighted by Crippen LogP contribution is -2.38. The number of amides is 2. The molecule has 0 radical (unpaired) electrons. The van der Waals surface area contributed by atoms with Gasteiger partial charge in [-0.1, -0.05) is 111 Å². The van der Waals surface area contributed by atoms with Gasteiger partial charge in [-0.2, -0.15) is 0 Å². The Labute approximate surface area is 264 Å². The first-order chi connectivity index (χ1) is 20.9. The van der Waals surface area contributed by atoms with Crippen molar-refractivity contribution in [2.75, 3.05) is 13.2 Å². The van der Waals surface area contributed by atoms with Crippen molar-refractivity contribution >= 4 is 17.8 Å². The number of esters is 1. The molecule has 0 aliphatic rings. The molecular weight excluding hydrogens is 534 g/mol. The Bertz CT molecular complexity index is 909. The van der Waals surface area contributed by atoms with Crippen LogP contribution in [0.25, 0.3) is 0 Å². The van der Waals surface area contributed by atoms with E-state index in [1.54, 1.807) is 6.92 Å². The van der Waals surface area contributed by atoms with Gasteiger partial charge in [-0.05, 0) is 81.0 Å². The smallest absolute Gasteiger partial charge is 0.305 e. The van der Waals surface area contributed by atoms with E-state index in [1.807, 2.05) is 6.07 Å². The van der Waals surface area contributed by atoms with Crippen LogP contribution in [0.1, 0.15) is 184 Å². The maximum atomic E-state index is 14.3. The molecule has 0 unspecified atom stereocenters. The number of benzene rings is 1. The first-order valence-corrected chi connectivity index (χ1v) is 18.1. The van der Waals surface area contributed by atoms with Crippen LogP contribution in [0.5, 0.6) is 0 Å². The van der Waals surface area contributed by atoms with Gasteiger partial charge in [0.25, 0.3) is 5.91 Å². The van der Waals surface area contributed by atoms with Crippen molar-refractivity contribution in [2.24, 2.45) is 0 Å². The highest BCUT2D eigenvalue weighted by Gasteiger charge is 2.26. The minimum atomic E-state index is -0.285. The molecule has 0 saturated carbocycles. The summed E-state index contributed by atoms with van der Waals surface area (Å²) in [6.07, 6.45) is 22.1. The molecule has 0 aromatic heterocycles. The average molecular weight is 600 g/mol. The van der Waals surface area contributed by atoms with Crippen molar-refractivity contribution in [1.82, 2.24) is 4.90 Å². The average Bonchev–Trinajstić information content (AvgIpc) is 3.00. The predicted octanol–water partition coefficient (Wildman–Crippen LogP) is 10.3. The van der Waals surface area contributed by atoms with Gasteiger partial charge in [0.1, 0.15) is 0 Å². The van der Waals surface area contributed by atoms with Crippen molar-refractivity contribution < 1.29 is 19.1 Å². The van der Waals surface area contributed by atoms with Crippen LogP contribution >= 0.6 is 0 Å². The van der Waals surface area contributed by atoms with Gasteiger partial charge >= 0.3 is 5.97 Å². The Hall–Kier alpha value is -2.17. The molecule has 2 amide bonds. The van der Waals surface area contributed by atoms with Crippen LogP contribution in [0.15, 0.2) is 12.1 Å². The van der Waals surface area contributed by atoms with Crippen LogP contribution in [-0.4, -0.2) is 35.8 Å². The molecule has 0 aliphatic carbocycles. The third-order valence-corrected chi connectivity index (χ3v) is 8.48. The summed E-state index contributed by atoms with van der Waals surface area (Å²) in [7, 11) is 0. The highest BCUT2D eigenvalue weighted by molar-refractivity contribution is 6.05. The van der Waals surface area contributed by atoms with Gasteiger partial charge in [-0.15, -0.1) is 0 Å². The van der Waals surface area contributed by atoms with E-state index >= 15 is 0 Å². The molecule has 0 atom stereocenters. The highest BCUT2D eigenvalue weighted by atomic mass is 16.5. The molecule has 1 rings (SSSR count). The second-order valence-electron chi connectivity index (χ2n) is 12.2. The molecule has 5 heteroatoms. The van der Waals surface area contributed by atoms with E-state index in [2.05, 4.69) is 33.8 Å². The van der Waals surface area contributed by atoms with Gasteiger partial charge in [0.2, 0.25) is 5.91 Å². The molecule has 0 aliphatic heterocycles. The van der Waals surface area contributed by atoms with Crippen LogP contribution in [0, 0.1) is 0 Å². The first kappa shape index (κ1) is 38.9. The third-order valence-electron chi connectivity index (χ3n) is 8.48. The van der Waals surface area contributed by atoms with E-state index in [1.165, 1.54) is 79.4 Å². The summed E-state index contributed by atoms with van der Waals surface area (Å²) in [5.74, 6) is -0.598. The van der Waals surface area contributed by atoms with Gasteiger partial charge < -0.3 is 4.74 Å². The van der Waals surface area contributed by atoms with Gasteiger partial charge in [0, 0.05) is 24.9 Å². The summed E-state index contributed by atoms with van der Waals surface area (Å²) >= 11 is 0. The number of nitrogens with zero attached hydrogens (tertiary/aromatic N) is 1. The maximum Gasteiger partial charge on any atom is 0.305 e.